The van der Waals surface area contributed by atoms with Gasteiger partial charge in [0.05, 0.1) is 11.9 Å². The fraction of sp³-hybridized carbons (Fsp3) is 0.762. The summed E-state index contributed by atoms with van der Waals surface area (Å²) in [4.78, 5) is 27.0. The third kappa shape index (κ3) is 4.53. The zero-order valence-electron chi connectivity index (χ0n) is 18.2. The summed E-state index contributed by atoms with van der Waals surface area (Å²) in [6.07, 6.45) is 2.72. The molecular weight excluding hydrogens is 434 g/mol. The van der Waals surface area contributed by atoms with Crippen LogP contribution in [0.3, 0.4) is 0 Å². The molecule has 1 saturated heterocycles. The molecule has 1 aliphatic heterocycles. The first-order valence-corrected chi connectivity index (χ1v) is 11.4. The first-order valence-electron chi connectivity index (χ1n) is 10.6. The van der Waals surface area contributed by atoms with Crippen molar-refractivity contribution in [3.63, 3.8) is 0 Å². The Kier molecular flexibility index (Phi) is 6.73. The lowest BCUT2D eigenvalue weighted by atomic mass is 9.58. The zero-order valence-corrected chi connectivity index (χ0v) is 19.8. The lowest BCUT2D eigenvalue weighted by Gasteiger charge is -2.50. The molecule has 7 nitrogen and oxygen atoms in total. The molecule has 0 aromatic carbocycles. The lowest BCUT2D eigenvalue weighted by molar-refractivity contribution is -0.132. The van der Waals surface area contributed by atoms with Crippen LogP contribution in [0.4, 0.5) is 5.69 Å². The average Bonchev–Trinajstić information content (AvgIpc) is 2.71. The summed E-state index contributed by atoms with van der Waals surface area (Å²) in [6.45, 7) is 14.5. The Labute approximate surface area is 181 Å². The minimum atomic E-state index is -0.275. The molecule has 1 aromatic heterocycles. The van der Waals surface area contributed by atoms with Gasteiger partial charge in [0.1, 0.15) is 11.0 Å². The molecule has 0 bridgehead atoms. The Morgan fingerprint density at radius 3 is 2.62 bits per heavy atom. The summed E-state index contributed by atoms with van der Waals surface area (Å²) in [5.74, 6) is 1.55. The second-order valence-corrected chi connectivity index (χ2v) is 10.1. The summed E-state index contributed by atoms with van der Waals surface area (Å²) in [5, 5.41) is 11.1. The number of nitrogens with zero attached hydrogens (tertiary/aromatic N) is 3. The van der Waals surface area contributed by atoms with E-state index in [-0.39, 0.29) is 24.1 Å². The highest BCUT2D eigenvalue weighted by Crippen LogP contribution is 2.48. The second-order valence-electron chi connectivity index (χ2n) is 9.32. The Balaban J connectivity index is 1.72. The Morgan fingerprint density at radius 2 is 1.97 bits per heavy atom. The first kappa shape index (κ1) is 22.3. The maximum Gasteiger partial charge on any atom is 0.283 e. The van der Waals surface area contributed by atoms with Gasteiger partial charge in [-0.15, -0.1) is 0 Å². The van der Waals surface area contributed by atoms with E-state index in [9.17, 15) is 9.59 Å². The zero-order chi connectivity index (χ0) is 21.3. The van der Waals surface area contributed by atoms with Crippen molar-refractivity contribution in [2.75, 3.05) is 31.5 Å². The van der Waals surface area contributed by atoms with Crippen molar-refractivity contribution in [2.24, 2.45) is 23.2 Å². The van der Waals surface area contributed by atoms with Crippen LogP contribution < -0.4 is 16.2 Å². The van der Waals surface area contributed by atoms with Gasteiger partial charge in [0.2, 0.25) is 5.91 Å². The van der Waals surface area contributed by atoms with Gasteiger partial charge >= 0.3 is 0 Å². The van der Waals surface area contributed by atoms with E-state index in [1.807, 2.05) is 0 Å². The van der Waals surface area contributed by atoms with Crippen molar-refractivity contribution >= 4 is 27.5 Å². The van der Waals surface area contributed by atoms with E-state index in [0.29, 0.717) is 46.4 Å². The second kappa shape index (κ2) is 8.76. The van der Waals surface area contributed by atoms with Crippen LogP contribution in [-0.4, -0.2) is 52.8 Å². The molecule has 3 rings (SSSR count). The number of rotatable bonds is 4. The summed E-state index contributed by atoms with van der Waals surface area (Å²) >= 11 is 3.45. The number of carbonyl (C=O) groups is 1. The number of anilines is 1. The van der Waals surface area contributed by atoms with Crippen molar-refractivity contribution in [1.82, 2.24) is 20.0 Å². The number of carbonyl (C=O) groups excluding carboxylic acids is 1. The first-order chi connectivity index (χ1) is 13.6. The number of hydrogen-bond donors (Lipinski definition) is 2. The molecule has 29 heavy (non-hydrogen) atoms. The van der Waals surface area contributed by atoms with E-state index < -0.39 is 0 Å². The molecule has 162 valence electrons. The van der Waals surface area contributed by atoms with Gasteiger partial charge in [-0.2, -0.15) is 5.10 Å². The fourth-order valence-corrected chi connectivity index (χ4v) is 5.01. The average molecular weight is 468 g/mol. The van der Waals surface area contributed by atoms with Crippen molar-refractivity contribution in [3.8, 4) is 0 Å². The molecule has 2 aliphatic rings. The monoisotopic (exact) mass is 467 g/mol. The number of hydrogen-bond acceptors (Lipinski definition) is 5. The van der Waals surface area contributed by atoms with E-state index in [1.54, 1.807) is 11.1 Å². The van der Waals surface area contributed by atoms with Gasteiger partial charge in [0.15, 0.2) is 0 Å². The molecule has 2 N–H and O–H groups in total. The number of aromatic nitrogens is 2. The van der Waals surface area contributed by atoms with E-state index in [2.05, 4.69) is 66.3 Å². The number of nitrogens with one attached hydrogen (secondary N) is 2. The molecule has 0 radical (unpaired) electrons. The van der Waals surface area contributed by atoms with E-state index in [4.69, 9.17) is 0 Å². The Morgan fingerprint density at radius 1 is 1.31 bits per heavy atom. The van der Waals surface area contributed by atoms with Gasteiger partial charge in [-0.1, -0.05) is 34.6 Å². The van der Waals surface area contributed by atoms with Crippen LogP contribution in [-0.2, 0) is 11.3 Å². The van der Waals surface area contributed by atoms with E-state index in [0.717, 1.165) is 19.5 Å². The summed E-state index contributed by atoms with van der Waals surface area (Å²) in [7, 11) is 0. The minimum Gasteiger partial charge on any atom is -0.380 e. The van der Waals surface area contributed by atoms with E-state index >= 15 is 0 Å². The molecule has 2 heterocycles. The van der Waals surface area contributed by atoms with Crippen LogP contribution >= 0.6 is 15.9 Å². The van der Waals surface area contributed by atoms with Gasteiger partial charge in [-0.3, -0.25) is 9.59 Å². The smallest absolute Gasteiger partial charge is 0.283 e. The molecule has 0 spiro atoms. The number of halogens is 1. The van der Waals surface area contributed by atoms with Crippen molar-refractivity contribution in [3.05, 3.63) is 21.0 Å². The van der Waals surface area contributed by atoms with Gasteiger partial charge in [0.25, 0.3) is 5.56 Å². The maximum atomic E-state index is 12.8. The van der Waals surface area contributed by atoms with Crippen LogP contribution in [0.5, 0.6) is 0 Å². The van der Waals surface area contributed by atoms with E-state index in [1.165, 1.54) is 4.68 Å². The Bertz CT molecular complexity index is 803. The van der Waals surface area contributed by atoms with Crippen LogP contribution in [0.25, 0.3) is 0 Å². The van der Waals surface area contributed by atoms with Crippen LogP contribution in [0.1, 0.15) is 41.0 Å². The maximum absolute atomic E-state index is 12.8. The highest BCUT2D eigenvalue weighted by atomic mass is 79.9. The highest BCUT2D eigenvalue weighted by Gasteiger charge is 2.43. The predicted molar refractivity (Wildman–Crippen MR) is 119 cm³/mol. The van der Waals surface area contributed by atoms with Crippen molar-refractivity contribution in [1.29, 1.82) is 0 Å². The number of piperazine rings is 1. The van der Waals surface area contributed by atoms with Gasteiger partial charge in [-0.25, -0.2) is 4.68 Å². The third-order valence-corrected chi connectivity index (χ3v) is 8.32. The van der Waals surface area contributed by atoms with Crippen LogP contribution in [0.2, 0.25) is 0 Å². The molecule has 1 amide bonds. The molecule has 4 atom stereocenters. The molecular formula is C21H34BrN5O2. The topological polar surface area (TPSA) is 79.3 Å². The number of amides is 1. The summed E-state index contributed by atoms with van der Waals surface area (Å²) < 4.78 is 1.69. The predicted octanol–water partition coefficient (Wildman–Crippen LogP) is 2.56. The molecule has 1 aliphatic carbocycles. The lowest BCUT2D eigenvalue weighted by Crippen LogP contribution is -2.48. The molecule has 1 aromatic rings. The van der Waals surface area contributed by atoms with Crippen molar-refractivity contribution in [2.45, 2.75) is 53.6 Å². The molecule has 1 saturated carbocycles. The largest absolute Gasteiger partial charge is 0.380 e. The van der Waals surface area contributed by atoms with Gasteiger partial charge in [-0.05, 0) is 45.5 Å². The van der Waals surface area contributed by atoms with Crippen molar-refractivity contribution < 1.29 is 4.79 Å². The molecule has 2 fully saturated rings. The standard InChI is InChI=1S/C21H34BrN5O2/c1-13-10-16(14(2)15(3)21(13,4)5)25-17-11-24-27(20(29)19(17)22)12-18(28)26-8-6-23-7-9-26/h11,13-16,23,25H,6-10,12H2,1-5H3/t13-,14+,15+,16+/m0/s1. The van der Waals surface area contributed by atoms with Crippen LogP contribution in [0.15, 0.2) is 15.5 Å². The highest BCUT2D eigenvalue weighted by molar-refractivity contribution is 9.10. The SMILES string of the molecule is C[C@@H]1[C@@H](C)C(C)(C)[C@@H](C)C[C@H]1Nc1cnn(CC(=O)N2CCNCC2)c(=O)c1Br. The summed E-state index contributed by atoms with van der Waals surface area (Å²) in [5.41, 5.74) is 0.723. The normalized spacial score (nSPS) is 29.5. The third-order valence-electron chi connectivity index (χ3n) is 7.56. The minimum absolute atomic E-state index is 0.0280. The van der Waals surface area contributed by atoms with Gasteiger partial charge in [0, 0.05) is 32.2 Å². The fourth-order valence-electron chi connectivity index (χ4n) is 4.58. The summed E-state index contributed by atoms with van der Waals surface area (Å²) in [6, 6.07) is 0.281. The molecule has 0 unspecified atom stereocenters. The quantitative estimate of drug-likeness (QED) is 0.710. The van der Waals surface area contributed by atoms with Crippen LogP contribution in [0, 0.1) is 23.2 Å². The van der Waals surface area contributed by atoms with Gasteiger partial charge < -0.3 is 15.5 Å². The molecule has 8 heteroatoms. The Hall–Kier alpha value is -1.41.